The lowest BCUT2D eigenvalue weighted by molar-refractivity contribution is -0.122. The van der Waals surface area contributed by atoms with Crippen molar-refractivity contribution in [2.75, 3.05) is 4.90 Å². The van der Waals surface area contributed by atoms with Crippen LogP contribution in [0.25, 0.3) is 6.08 Å². The van der Waals surface area contributed by atoms with Crippen LogP contribution in [-0.4, -0.2) is 17.8 Å². The second-order valence-corrected chi connectivity index (χ2v) is 10.1. The first kappa shape index (κ1) is 28.2. The number of hydrogen-bond acceptors (Lipinski definition) is 5. The quantitative estimate of drug-likeness (QED) is 0.166. The second kappa shape index (κ2) is 12.5. The predicted octanol–water partition coefficient (Wildman–Crippen LogP) is 7.47. The minimum atomic E-state index is -0.858. The molecule has 0 saturated carbocycles. The number of rotatable bonds is 8. The third-order valence-corrected chi connectivity index (χ3v) is 7.19. The molecule has 4 aromatic rings. The summed E-state index contributed by atoms with van der Waals surface area (Å²) >= 11 is 18.8. The molecule has 206 valence electrons. The number of nitrogens with zero attached hydrogens (tertiary/aromatic N) is 1. The van der Waals surface area contributed by atoms with Crippen LogP contribution in [0.3, 0.4) is 0 Å². The van der Waals surface area contributed by atoms with Gasteiger partial charge in [-0.05, 0) is 60.2 Å². The van der Waals surface area contributed by atoms with Gasteiger partial charge in [-0.25, -0.2) is 9.69 Å². The van der Waals surface area contributed by atoms with E-state index in [-0.39, 0.29) is 29.5 Å². The summed E-state index contributed by atoms with van der Waals surface area (Å²) in [6.45, 7) is 0.456. The smallest absolute Gasteiger partial charge is 0.335 e. The number of urea groups is 1. The maximum atomic E-state index is 13.3. The van der Waals surface area contributed by atoms with Crippen molar-refractivity contribution in [3.8, 4) is 11.5 Å². The first-order valence-corrected chi connectivity index (χ1v) is 13.5. The summed E-state index contributed by atoms with van der Waals surface area (Å²) in [5, 5.41) is 3.64. The Morgan fingerprint density at radius 2 is 1.32 bits per heavy atom. The minimum absolute atomic E-state index is 0.210. The zero-order chi connectivity index (χ0) is 28.9. The molecular weight excluding hydrogens is 587 g/mol. The molecule has 1 aliphatic rings. The van der Waals surface area contributed by atoms with Crippen LogP contribution in [0.2, 0.25) is 15.1 Å². The van der Waals surface area contributed by atoms with Gasteiger partial charge < -0.3 is 9.47 Å². The van der Waals surface area contributed by atoms with Crippen molar-refractivity contribution in [2.24, 2.45) is 0 Å². The molecule has 0 radical (unpaired) electrons. The van der Waals surface area contributed by atoms with E-state index in [9.17, 15) is 14.4 Å². The van der Waals surface area contributed by atoms with Gasteiger partial charge in [-0.3, -0.25) is 14.9 Å². The third-order valence-electron chi connectivity index (χ3n) is 6.16. The van der Waals surface area contributed by atoms with Gasteiger partial charge in [0.2, 0.25) is 0 Å². The number of amides is 4. The average Bonchev–Trinajstić information content (AvgIpc) is 2.96. The predicted molar refractivity (Wildman–Crippen MR) is 158 cm³/mol. The van der Waals surface area contributed by atoms with Crippen molar-refractivity contribution in [3.05, 3.63) is 128 Å². The Balaban J connectivity index is 1.30. The molecule has 0 bridgehead atoms. The minimum Gasteiger partial charge on any atom is -0.489 e. The Morgan fingerprint density at radius 1 is 0.707 bits per heavy atom. The van der Waals surface area contributed by atoms with Crippen LogP contribution in [0.4, 0.5) is 10.5 Å². The van der Waals surface area contributed by atoms with Gasteiger partial charge in [-0.15, -0.1) is 0 Å². The number of imide groups is 2. The Morgan fingerprint density at radius 3 is 1.93 bits per heavy atom. The Kier molecular flexibility index (Phi) is 8.59. The van der Waals surface area contributed by atoms with Crippen molar-refractivity contribution in [1.29, 1.82) is 0 Å². The number of barbiturate groups is 1. The van der Waals surface area contributed by atoms with E-state index in [1.165, 1.54) is 6.08 Å². The highest BCUT2D eigenvalue weighted by Crippen LogP contribution is 2.30. The van der Waals surface area contributed by atoms with Gasteiger partial charge in [0.1, 0.15) is 30.3 Å². The first-order chi connectivity index (χ1) is 19.8. The lowest BCUT2D eigenvalue weighted by Crippen LogP contribution is -2.54. The maximum Gasteiger partial charge on any atom is 0.335 e. The zero-order valence-corrected chi connectivity index (χ0v) is 23.5. The number of anilines is 1. The summed E-state index contributed by atoms with van der Waals surface area (Å²) in [5.74, 6) is -0.677. The van der Waals surface area contributed by atoms with Crippen LogP contribution in [-0.2, 0) is 22.8 Å². The SMILES string of the molecule is O=C1NC(=O)N(c2ccc(OCc3ccccc3Cl)cc2)C(=O)/C1=C/c1ccc(OCc2ccccc2Cl)c(Cl)c1. The molecular formula is C31H21Cl3N2O5. The van der Waals surface area contributed by atoms with E-state index in [0.29, 0.717) is 27.1 Å². The van der Waals surface area contributed by atoms with Gasteiger partial charge in [0, 0.05) is 21.2 Å². The molecule has 4 aromatic carbocycles. The van der Waals surface area contributed by atoms with Crippen LogP contribution < -0.4 is 19.7 Å². The molecule has 0 unspecified atom stereocenters. The molecule has 1 fully saturated rings. The van der Waals surface area contributed by atoms with Crippen LogP contribution in [0.1, 0.15) is 16.7 Å². The van der Waals surface area contributed by atoms with Crippen LogP contribution in [0.15, 0.2) is 96.6 Å². The fourth-order valence-electron chi connectivity index (χ4n) is 4.02. The number of hydrogen-bond donors (Lipinski definition) is 1. The van der Waals surface area contributed by atoms with Crippen molar-refractivity contribution in [3.63, 3.8) is 0 Å². The molecule has 1 N–H and O–H groups in total. The van der Waals surface area contributed by atoms with Crippen molar-refractivity contribution < 1.29 is 23.9 Å². The Hall–Kier alpha value is -4.30. The molecule has 0 aliphatic carbocycles. The molecule has 10 heteroatoms. The highest BCUT2D eigenvalue weighted by atomic mass is 35.5. The van der Waals surface area contributed by atoms with Gasteiger partial charge in [-0.2, -0.15) is 0 Å². The molecule has 7 nitrogen and oxygen atoms in total. The Labute approximate surface area is 250 Å². The molecule has 0 spiro atoms. The second-order valence-electron chi connectivity index (χ2n) is 8.90. The number of ether oxygens (including phenoxy) is 2. The summed E-state index contributed by atoms with van der Waals surface area (Å²) in [7, 11) is 0. The number of carbonyl (C=O) groups excluding carboxylic acids is 3. The van der Waals surface area contributed by atoms with Gasteiger partial charge in [-0.1, -0.05) is 77.3 Å². The van der Waals surface area contributed by atoms with E-state index < -0.39 is 17.8 Å². The lowest BCUT2D eigenvalue weighted by atomic mass is 10.1. The molecule has 1 saturated heterocycles. The first-order valence-electron chi connectivity index (χ1n) is 12.3. The van der Waals surface area contributed by atoms with Crippen molar-refractivity contribution in [1.82, 2.24) is 5.32 Å². The molecule has 41 heavy (non-hydrogen) atoms. The van der Waals surface area contributed by atoms with E-state index in [2.05, 4.69) is 5.32 Å². The lowest BCUT2D eigenvalue weighted by Gasteiger charge is -2.26. The van der Waals surface area contributed by atoms with Crippen LogP contribution in [0.5, 0.6) is 11.5 Å². The summed E-state index contributed by atoms with van der Waals surface area (Å²) in [5.41, 5.74) is 2.11. The summed E-state index contributed by atoms with van der Waals surface area (Å²) in [6.07, 6.45) is 1.36. The normalized spacial score (nSPS) is 14.3. The fraction of sp³-hybridized carbons (Fsp3) is 0.0645. The monoisotopic (exact) mass is 606 g/mol. The van der Waals surface area contributed by atoms with E-state index in [1.54, 1.807) is 54.6 Å². The number of halogens is 3. The summed E-state index contributed by atoms with van der Waals surface area (Å²) in [4.78, 5) is 39.4. The zero-order valence-electron chi connectivity index (χ0n) is 21.3. The molecule has 5 rings (SSSR count). The van der Waals surface area contributed by atoms with E-state index in [0.717, 1.165) is 16.0 Å². The van der Waals surface area contributed by atoms with Crippen LogP contribution >= 0.6 is 34.8 Å². The van der Waals surface area contributed by atoms with Crippen molar-refractivity contribution in [2.45, 2.75) is 13.2 Å². The molecule has 1 aliphatic heterocycles. The fourth-order valence-corrected chi connectivity index (χ4v) is 4.65. The Bertz CT molecular complexity index is 1670. The van der Waals surface area contributed by atoms with Crippen molar-refractivity contribution >= 4 is 64.4 Å². The van der Waals surface area contributed by atoms with Gasteiger partial charge in [0.05, 0.1) is 10.7 Å². The van der Waals surface area contributed by atoms with Gasteiger partial charge in [0.15, 0.2) is 0 Å². The molecule has 0 atom stereocenters. The van der Waals surface area contributed by atoms with E-state index >= 15 is 0 Å². The highest BCUT2D eigenvalue weighted by molar-refractivity contribution is 6.39. The van der Waals surface area contributed by atoms with Gasteiger partial charge >= 0.3 is 6.03 Å². The highest BCUT2D eigenvalue weighted by Gasteiger charge is 2.36. The standard InChI is InChI=1S/C31H21Cl3N2O5/c32-25-7-3-1-5-20(25)17-40-23-12-10-22(11-13-23)36-30(38)24(29(37)35-31(36)39)15-19-9-14-28(27(34)16-19)41-18-21-6-2-4-8-26(21)33/h1-16H,17-18H2,(H,35,37,39)/b24-15+. The largest absolute Gasteiger partial charge is 0.489 e. The topological polar surface area (TPSA) is 84.9 Å². The number of benzene rings is 4. The summed E-state index contributed by atoms with van der Waals surface area (Å²) < 4.78 is 11.6. The van der Waals surface area contributed by atoms with Crippen LogP contribution in [0, 0.1) is 0 Å². The third kappa shape index (κ3) is 6.55. The maximum absolute atomic E-state index is 13.3. The van der Waals surface area contributed by atoms with Gasteiger partial charge in [0.25, 0.3) is 11.8 Å². The number of carbonyl (C=O) groups is 3. The average molecular weight is 608 g/mol. The van der Waals surface area contributed by atoms with E-state index in [4.69, 9.17) is 44.3 Å². The summed E-state index contributed by atoms with van der Waals surface area (Å²) in [6, 6.07) is 24.9. The number of nitrogens with one attached hydrogen (secondary N) is 1. The molecule has 0 aromatic heterocycles. The molecule has 4 amide bonds. The van der Waals surface area contributed by atoms with E-state index in [1.807, 2.05) is 36.4 Å². The molecule has 1 heterocycles.